The maximum Gasteiger partial charge on any atom is 0.343 e. The van der Waals surface area contributed by atoms with Crippen LogP contribution < -0.4 is 0 Å². The fourth-order valence-electron chi connectivity index (χ4n) is 1.34. The Balaban J connectivity index is 2.44. The molecule has 0 atom stereocenters. The van der Waals surface area contributed by atoms with E-state index in [1.807, 2.05) is 0 Å². The molecule has 2 rings (SSSR count). The minimum absolute atomic E-state index is 0.0428. The average Bonchev–Trinajstić information content (AvgIpc) is 2.96. The Labute approximate surface area is 80.0 Å². The highest BCUT2D eigenvalue weighted by Gasteiger charge is 2.34. The quantitative estimate of drug-likeness (QED) is 0.534. The highest BCUT2D eigenvalue weighted by molar-refractivity contribution is 5.97. The van der Waals surface area contributed by atoms with E-state index in [0.29, 0.717) is 12.0 Å². The number of aldehydes is 1. The number of aromatic nitrogens is 1. The normalized spacial score (nSPS) is 15.2. The van der Waals surface area contributed by atoms with Crippen molar-refractivity contribution in [3.63, 3.8) is 0 Å². The van der Waals surface area contributed by atoms with Gasteiger partial charge in [0.1, 0.15) is 11.3 Å². The van der Waals surface area contributed by atoms with Gasteiger partial charge in [0, 0.05) is 5.92 Å². The molecule has 1 aromatic heterocycles. The number of carbonyl (C=O) groups is 2. The van der Waals surface area contributed by atoms with Crippen LogP contribution in [-0.2, 0) is 4.74 Å². The third-order valence-electron chi connectivity index (χ3n) is 2.21. The van der Waals surface area contributed by atoms with Crippen molar-refractivity contribution in [2.24, 2.45) is 0 Å². The summed E-state index contributed by atoms with van der Waals surface area (Å²) in [5.74, 6) is -0.351. The maximum absolute atomic E-state index is 11.3. The largest absolute Gasteiger partial charge is 0.465 e. The van der Waals surface area contributed by atoms with Gasteiger partial charge in [0.05, 0.1) is 7.11 Å². The third-order valence-corrected chi connectivity index (χ3v) is 2.21. The molecule has 1 heterocycles. The summed E-state index contributed by atoms with van der Waals surface area (Å²) in [5, 5.41) is 3.71. The zero-order valence-corrected chi connectivity index (χ0v) is 7.65. The molecule has 0 radical (unpaired) electrons. The molecule has 1 aliphatic rings. The summed E-state index contributed by atoms with van der Waals surface area (Å²) in [7, 11) is 1.26. The molecule has 0 aliphatic heterocycles. The van der Waals surface area contributed by atoms with Crippen molar-refractivity contribution in [2.45, 2.75) is 18.8 Å². The Hall–Kier alpha value is -1.65. The predicted molar refractivity (Wildman–Crippen MR) is 45.2 cm³/mol. The zero-order chi connectivity index (χ0) is 10.1. The van der Waals surface area contributed by atoms with E-state index in [0.717, 1.165) is 12.8 Å². The Morgan fingerprint density at radius 3 is 2.86 bits per heavy atom. The van der Waals surface area contributed by atoms with E-state index < -0.39 is 5.97 Å². The van der Waals surface area contributed by atoms with Crippen LogP contribution in [0.1, 0.15) is 45.4 Å². The van der Waals surface area contributed by atoms with Crippen molar-refractivity contribution in [3.05, 3.63) is 17.0 Å². The lowest BCUT2D eigenvalue weighted by Gasteiger charge is -1.97. The number of hydrogen-bond acceptors (Lipinski definition) is 5. The zero-order valence-electron chi connectivity index (χ0n) is 7.65. The van der Waals surface area contributed by atoms with Crippen LogP contribution in [0.5, 0.6) is 0 Å². The number of rotatable bonds is 3. The standard InChI is InChI=1S/C9H9NO4/c1-13-9(12)7-6(4-11)14-10-8(7)5-2-3-5/h4-5H,2-3H2,1H3. The molecule has 0 aromatic carbocycles. The van der Waals surface area contributed by atoms with Crippen LogP contribution in [0.2, 0.25) is 0 Å². The van der Waals surface area contributed by atoms with Crippen molar-refractivity contribution in [2.75, 3.05) is 7.11 Å². The van der Waals surface area contributed by atoms with Crippen molar-refractivity contribution < 1.29 is 18.8 Å². The number of nitrogens with zero attached hydrogens (tertiary/aromatic N) is 1. The Morgan fingerprint density at radius 1 is 1.64 bits per heavy atom. The van der Waals surface area contributed by atoms with Crippen molar-refractivity contribution in [1.29, 1.82) is 0 Å². The molecule has 1 fully saturated rings. The minimum atomic E-state index is -0.560. The molecule has 5 heteroatoms. The molecule has 0 bridgehead atoms. The van der Waals surface area contributed by atoms with Gasteiger partial charge in [-0.15, -0.1) is 0 Å². The van der Waals surface area contributed by atoms with Crippen LogP contribution >= 0.6 is 0 Å². The highest BCUT2D eigenvalue weighted by atomic mass is 16.5. The van der Waals surface area contributed by atoms with Crippen molar-refractivity contribution in [3.8, 4) is 0 Å². The SMILES string of the molecule is COC(=O)c1c(C2CC2)noc1C=O. The summed E-state index contributed by atoms with van der Waals surface area (Å²) in [6.45, 7) is 0. The van der Waals surface area contributed by atoms with Gasteiger partial charge in [0.2, 0.25) is 5.76 Å². The molecule has 0 N–H and O–H groups in total. The fraction of sp³-hybridized carbons (Fsp3) is 0.444. The minimum Gasteiger partial charge on any atom is -0.465 e. The smallest absolute Gasteiger partial charge is 0.343 e. The molecule has 0 saturated heterocycles. The van der Waals surface area contributed by atoms with Crippen LogP contribution in [0, 0.1) is 0 Å². The molecule has 1 aliphatic carbocycles. The summed E-state index contributed by atoms with van der Waals surface area (Å²) in [4.78, 5) is 21.9. The third kappa shape index (κ3) is 1.30. The lowest BCUT2D eigenvalue weighted by atomic mass is 10.1. The van der Waals surface area contributed by atoms with Gasteiger partial charge in [-0.1, -0.05) is 5.16 Å². The van der Waals surface area contributed by atoms with E-state index in [-0.39, 0.29) is 17.2 Å². The second kappa shape index (κ2) is 3.25. The Bertz CT molecular complexity index is 378. The van der Waals surface area contributed by atoms with Gasteiger partial charge in [0.15, 0.2) is 6.29 Å². The van der Waals surface area contributed by atoms with Crippen molar-refractivity contribution >= 4 is 12.3 Å². The molecule has 0 amide bonds. The van der Waals surface area contributed by atoms with Crippen LogP contribution in [0.25, 0.3) is 0 Å². The lowest BCUT2D eigenvalue weighted by Crippen LogP contribution is -2.06. The average molecular weight is 195 g/mol. The second-order valence-electron chi connectivity index (χ2n) is 3.19. The molecule has 0 unspecified atom stereocenters. The van der Waals surface area contributed by atoms with E-state index in [4.69, 9.17) is 4.52 Å². The van der Waals surface area contributed by atoms with Crippen LogP contribution in [0.15, 0.2) is 4.52 Å². The first-order chi connectivity index (χ1) is 6.77. The van der Waals surface area contributed by atoms with E-state index in [1.165, 1.54) is 7.11 Å². The summed E-state index contributed by atoms with van der Waals surface area (Å²) in [5.41, 5.74) is 0.740. The molecule has 74 valence electrons. The molecule has 14 heavy (non-hydrogen) atoms. The van der Waals surface area contributed by atoms with Crippen LogP contribution in [-0.4, -0.2) is 24.5 Å². The summed E-state index contributed by atoms with van der Waals surface area (Å²) < 4.78 is 9.31. The van der Waals surface area contributed by atoms with Crippen molar-refractivity contribution in [1.82, 2.24) is 5.16 Å². The first-order valence-electron chi connectivity index (χ1n) is 4.31. The maximum atomic E-state index is 11.3. The topological polar surface area (TPSA) is 69.4 Å². The molecule has 0 spiro atoms. The van der Waals surface area contributed by atoms with E-state index in [1.54, 1.807) is 0 Å². The summed E-state index contributed by atoms with van der Waals surface area (Å²) >= 11 is 0. The van der Waals surface area contributed by atoms with Gasteiger partial charge in [0.25, 0.3) is 0 Å². The van der Waals surface area contributed by atoms with E-state index in [9.17, 15) is 9.59 Å². The van der Waals surface area contributed by atoms with Crippen LogP contribution in [0.3, 0.4) is 0 Å². The van der Waals surface area contributed by atoms with E-state index >= 15 is 0 Å². The van der Waals surface area contributed by atoms with Gasteiger partial charge in [-0.2, -0.15) is 0 Å². The number of ether oxygens (including phenoxy) is 1. The molecule has 1 aromatic rings. The molecule has 1 saturated carbocycles. The number of carbonyl (C=O) groups excluding carboxylic acids is 2. The van der Waals surface area contributed by atoms with Gasteiger partial charge in [-0.05, 0) is 12.8 Å². The number of hydrogen-bond donors (Lipinski definition) is 0. The predicted octanol–water partition coefficient (Wildman–Crippen LogP) is 1.15. The summed E-state index contributed by atoms with van der Waals surface area (Å²) in [6.07, 6.45) is 2.44. The first kappa shape index (κ1) is 8.93. The number of methoxy groups -OCH3 is 1. The van der Waals surface area contributed by atoms with E-state index in [2.05, 4.69) is 9.89 Å². The first-order valence-corrected chi connectivity index (χ1v) is 4.31. The van der Waals surface area contributed by atoms with Crippen LogP contribution in [0.4, 0.5) is 0 Å². The summed E-state index contributed by atoms with van der Waals surface area (Å²) in [6, 6.07) is 0. The van der Waals surface area contributed by atoms with Gasteiger partial charge >= 0.3 is 5.97 Å². The molecular formula is C9H9NO4. The Morgan fingerprint density at radius 2 is 2.36 bits per heavy atom. The fourth-order valence-corrected chi connectivity index (χ4v) is 1.34. The lowest BCUT2D eigenvalue weighted by molar-refractivity contribution is 0.0595. The number of esters is 1. The second-order valence-corrected chi connectivity index (χ2v) is 3.19. The molecular weight excluding hydrogens is 186 g/mol. The van der Waals surface area contributed by atoms with Gasteiger partial charge in [-0.3, -0.25) is 4.79 Å². The van der Waals surface area contributed by atoms with Gasteiger partial charge in [-0.25, -0.2) is 4.79 Å². The highest BCUT2D eigenvalue weighted by Crippen LogP contribution is 2.41. The van der Waals surface area contributed by atoms with Gasteiger partial charge < -0.3 is 9.26 Å². The Kier molecular flexibility index (Phi) is 2.07. The molecule has 5 nitrogen and oxygen atoms in total. The monoisotopic (exact) mass is 195 g/mol.